The first-order valence-corrected chi connectivity index (χ1v) is 6.26. The fourth-order valence-electron chi connectivity index (χ4n) is 1.99. The lowest BCUT2D eigenvalue weighted by Crippen LogP contribution is -2.33. The third kappa shape index (κ3) is 2.51. The Morgan fingerprint density at radius 1 is 1.40 bits per heavy atom. The smallest absolute Gasteiger partial charge is 0.123 e. The highest BCUT2D eigenvalue weighted by Crippen LogP contribution is 2.33. The van der Waals surface area contributed by atoms with Gasteiger partial charge in [-0.2, -0.15) is 11.8 Å². The summed E-state index contributed by atoms with van der Waals surface area (Å²) in [5, 5.41) is 0. The van der Waals surface area contributed by atoms with Crippen LogP contribution in [0.1, 0.15) is 18.0 Å². The number of hydrazine groups is 1. The van der Waals surface area contributed by atoms with Crippen molar-refractivity contribution in [3.8, 4) is 0 Å². The van der Waals surface area contributed by atoms with Gasteiger partial charge in [-0.1, -0.05) is 12.1 Å². The Kier molecular flexibility index (Phi) is 3.61. The van der Waals surface area contributed by atoms with Crippen LogP contribution in [0.4, 0.5) is 4.39 Å². The molecule has 0 bridgehead atoms. The third-order valence-corrected chi connectivity index (χ3v) is 4.03. The molecule has 2 unspecified atom stereocenters. The maximum Gasteiger partial charge on any atom is 0.123 e. The number of hydrogen-bond donors (Lipinski definition) is 2. The summed E-state index contributed by atoms with van der Waals surface area (Å²) < 4.78 is 12.8. The van der Waals surface area contributed by atoms with Gasteiger partial charge in [-0.15, -0.1) is 0 Å². The van der Waals surface area contributed by atoms with Crippen LogP contribution >= 0.6 is 11.8 Å². The van der Waals surface area contributed by atoms with Crippen molar-refractivity contribution in [3.05, 3.63) is 35.6 Å². The molecule has 1 heterocycles. The van der Waals surface area contributed by atoms with E-state index in [0.29, 0.717) is 5.92 Å². The Balaban J connectivity index is 2.14. The predicted molar refractivity (Wildman–Crippen MR) is 61.9 cm³/mol. The summed E-state index contributed by atoms with van der Waals surface area (Å²) in [6, 6.07) is 6.75. The van der Waals surface area contributed by atoms with E-state index in [2.05, 4.69) is 5.43 Å². The standard InChI is InChI=1S/C11H15FN2S/c12-10-3-1-8(2-4-10)11(14-13)9-5-6-15-7-9/h1-4,9,11,14H,5-7,13H2. The largest absolute Gasteiger partial charge is 0.271 e. The molecule has 2 atom stereocenters. The van der Waals surface area contributed by atoms with E-state index in [-0.39, 0.29) is 11.9 Å². The lowest BCUT2D eigenvalue weighted by atomic mass is 9.93. The zero-order chi connectivity index (χ0) is 10.7. The summed E-state index contributed by atoms with van der Waals surface area (Å²) >= 11 is 1.95. The Bertz CT molecular complexity index is 309. The van der Waals surface area contributed by atoms with Crippen LogP contribution in [-0.2, 0) is 0 Å². The maximum atomic E-state index is 12.8. The molecule has 2 nitrogen and oxygen atoms in total. The highest BCUT2D eigenvalue weighted by atomic mass is 32.2. The molecule has 1 aliphatic heterocycles. The van der Waals surface area contributed by atoms with Gasteiger partial charge < -0.3 is 0 Å². The Morgan fingerprint density at radius 3 is 2.67 bits per heavy atom. The van der Waals surface area contributed by atoms with Gasteiger partial charge in [-0.3, -0.25) is 11.3 Å². The van der Waals surface area contributed by atoms with Gasteiger partial charge >= 0.3 is 0 Å². The molecule has 0 radical (unpaired) electrons. The van der Waals surface area contributed by atoms with Gasteiger partial charge in [0.1, 0.15) is 5.82 Å². The zero-order valence-corrected chi connectivity index (χ0v) is 9.27. The second-order valence-corrected chi connectivity index (χ2v) is 4.97. The second kappa shape index (κ2) is 4.96. The minimum absolute atomic E-state index is 0.153. The molecule has 82 valence electrons. The van der Waals surface area contributed by atoms with E-state index in [0.717, 1.165) is 11.3 Å². The van der Waals surface area contributed by atoms with Gasteiger partial charge in [0.2, 0.25) is 0 Å². The fraction of sp³-hybridized carbons (Fsp3) is 0.455. The van der Waals surface area contributed by atoms with Gasteiger partial charge in [0, 0.05) is 6.04 Å². The van der Waals surface area contributed by atoms with E-state index < -0.39 is 0 Å². The van der Waals surface area contributed by atoms with Crippen molar-refractivity contribution in [1.82, 2.24) is 5.43 Å². The van der Waals surface area contributed by atoms with Gasteiger partial charge in [0.25, 0.3) is 0 Å². The van der Waals surface area contributed by atoms with Gasteiger partial charge in [-0.25, -0.2) is 4.39 Å². The van der Waals surface area contributed by atoms with Crippen LogP contribution in [0.5, 0.6) is 0 Å². The van der Waals surface area contributed by atoms with E-state index in [4.69, 9.17) is 5.84 Å². The minimum Gasteiger partial charge on any atom is -0.271 e. The summed E-state index contributed by atoms with van der Waals surface area (Å²) in [7, 11) is 0. The molecular formula is C11H15FN2S. The molecule has 3 N–H and O–H groups in total. The average Bonchev–Trinajstić information content (AvgIpc) is 2.75. The van der Waals surface area contributed by atoms with E-state index in [1.165, 1.54) is 24.3 Å². The zero-order valence-electron chi connectivity index (χ0n) is 8.45. The molecule has 0 spiro atoms. The van der Waals surface area contributed by atoms with Crippen LogP contribution in [0.3, 0.4) is 0 Å². The molecule has 0 saturated carbocycles. The highest BCUT2D eigenvalue weighted by molar-refractivity contribution is 7.99. The Morgan fingerprint density at radius 2 is 2.13 bits per heavy atom. The average molecular weight is 226 g/mol. The summed E-state index contributed by atoms with van der Waals surface area (Å²) in [5.74, 6) is 8.26. The van der Waals surface area contributed by atoms with Crippen molar-refractivity contribution < 1.29 is 4.39 Å². The molecule has 1 aromatic rings. The van der Waals surface area contributed by atoms with Crippen LogP contribution in [0.2, 0.25) is 0 Å². The number of hydrogen-bond acceptors (Lipinski definition) is 3. The number of nitrogens with one attached hydrogen (secondary N) is 1. The Labute approximate surface area is 93.4 Å². The van der Waals surface area contributed by atoms with Crippen LogP contribution in [0, 0.1) is 11.7 Å². The maximum absolute atomic E-state index is 12.8. The number of nitrogens with two attached hydrogens (primary N) is 1. The van der Waals surface area contributed by atoms with Crippen molar-refractivity contribution in [3.63, 3.8) is 0 Å². The summed E-state index contributed by atoms with van der Waals surface area (Å²) in [6.45, 7) is 0. The first-order chi connectivity index (χ1) is 7.31. The predicted octanol–water partition coefficient (Wildman–Crippen LogP) is 2.08. The number of thioether (sulfide) groups is 1. The monoisotopic (exact) mass is 226 g/mol. The molecule has 0 amide bonds. The van der Waals surface area contributed by atoms with Crippen LogP contribution in [-0.4, -0.2) is 11.5 Å². The number of rotatable bonds is 3. The Hall–Kier alpha value is -0.580. The van der Waals surface area contributed by atoms with Gasteiger partial charge in [0.05, 0.1) is 0 Å². The first-order valence-electron chi connectivity index (χ1n) is 5.10. The van der Waals surface area contributed by atoms with Crippen molar-refractivity contribution in [2.45, 2.75) is 12.5 Å². The van der Waals surface area contributed by atoms with Gasteiger partial charge in [-0.05, 0) is 41.5 Å². The summed E-state index contributed by atoms with van der Waals surface area (Å²) in [5.41, 5.74) is 3.92. The van der Waals surface area contributed by atoms with E-state index in [1.54, 1.807) is 0 Å². The highest BCUT2D eigenvalue weighted by Gasteiger charge is 2.25. The SMILES string of the molecule is NNC(c1ccc(F)cc1)C1CCSC1. The number of halogens is 1. The lowest BCUT2D eigenvalue weighted by Gasteiger charge is -2.22. The summed E-state index contributed by atoms with van der Waals surface area (Å²) in [6.07, 6.45) is 1.18. The molecule has 2 rings (SSSR count). The van der Waals surface area contributed by atoms with Crippen molar-refractivity contribution in [2.75, 3.05) is 11.5 Å². The topological polar surface area (TPSA) is 38.0 Å². The normalized spacial score (nSPS) is 22.9. The molecule has 15 heavy (non-hydrogen) atoms. The van der Waals surface area contributed by atoms with Gasteiger partial charge in [0.15, 0.2) is 0 Å². The van der Waals surface area contributed by atoms with Crippen molar-refractivity contribution in [1.29, 1.82) is 0 Å². The molecule has 4 heteroatoms. The minimum atomic E-state index is -0.199. The molecular weight excluding hydrogens is 211 g/mol. The second-order valence-electron chi connectivity index (χ2n) is 3.82. The van der Waals surface area contributed by atoms with E-state index in [1.807, 2.05) is 23.9 Å². The molecule has 0 aromatic heterocycles. The number of benzene rings is 1. The van der Waals surface area contributed by atoms with Crippen LogP contribution < -0.4 is 11.3 Å². The van der Waals surface area contributed by atoms with Crippen LogP contribution in [0.25, 0.3) is 0 Å². The van der Waals surface area contributed by atoms with Crippen molar-refractivity contribution in [2.24, 2.45) is 11.8 Å². The first kappa shape index (κ1) is 10.9. The fourth-order valence-corrected chi connectivity index (χ4v) is 3.29. The van der Waals surface area contributed by atoms with E-state index in [9.17, 15) is 4.39 Å². The molecule has 1 aromatic carbocycles. The molecule has 0 aliphatic carbocycles. The van der Waals surface area contributed by atoms with Crippen molar-refractivity contribution >= 4 is 11.8 Å². The molecule has 1 saturated heterocycles. The quantitative estimate of drug-likeness (QED) is 0.612. The third-order valence-electron chi connectivity index (χ3n) is 2.84. The van der Waals surface area contributed by atoms with E-state index >= 15 is 0 Å². The molecule has 1 aliphatic rings. The van der Waals surface area contributed by atoms with Crippen LogP contribution in [0.15, 0.2) is 24.3 Å². The molecule has 1 fully saturated rings. The summed E-state index contributed by atoms with van der Waals surface area (Å²) in [4.78, 5) is 0. The lowest BCUT2D eigenvalue weighted by molar-refractivity contribution is 0.400.